The number of benzene rings is 1. The Labute approximate surface area is 179 Å². The van der Waals surface area contributed by atoms with Crippen molar-refractivity contribution < 1.29 is 14.3 Å². The van der Waals surface area contributed by atoms with Gasteiger partial charge in [0.2, 0.25) is 5.91 Å². The molecule has 0 aromatic heterocycles. The Balaban J connectivity index is 1.93. The lowest BCUT2D eigenvalue weighted by molar-refractivity contribution is -0.121. The van der Waals surface area contributed by atoms with Gasteiger partial charge in [0.05, 0.1) is 6.04 Å². The maximum Gasteiger partial charge on any atom is 0.410 e. The number of anilines is 1. The summed E-state index contributed by atoms with van der Waals surface area (Å²) in [6, 6.07) is 5.24. The monoisotopic (exact) mass is 423 g/mol. The van der Waals surface area contributed by atoms with Gasteiger partial charge in [0.15, 0.2) is 0 Å². The molecule has 1 aliphatic rings. The molecule has 2 unspecified atom stereocenters. The van der Waals surface area contributed by atoms with Crippen LogP contribution in [0.3, 0.4) is 0 Å². The molecule has 6 nitrogen and oxygen atoms in total. The molecule has 1 aliphatic heterocycles. The van der Waals surface area contributed by atoms with Crippen LogP contribution in [0, 0.1) is 12.8 Å². The number of nitrogens with zero attached hydrogens (tertiary/aromatic N) is 2. The fraction of sp³-hybridized carbons (Fsp3) is 0.636. The summed E-state index contributed by atoms with van der Waals surface area (Å²) in [7, 11) is 1.77. The van der Waals surface area contributed by atoms with Crippen LogP contribution in [0.15, 0.2) is 18.2 Å². The third-order valence-corrected chi connectivity index (χ3v) is 5.65. The largest absolute Gasteiger partial charge is 0.444 e. The number of ether oxygens (including phenoxy) is 1. The van der Waals surface area contributed by atoms with Crippen molar-refractivity contribution in [3.05, 3.63) is 28.8 Å². The molecule has 1 aromatic rings. The predicted octanol–water partition coefficient (Wildman–Crippen LogP) is 4.55. The number of likely N-dealkylation sites (tertiary alicyclic amines) is 1. The smallest absolute Gasteiger partial charge is 0.410 e. The summed E-state index contributed by atoms with van der Waals surface area (Å²) >= 11 is 6.15. The number of amides is 2. The quantitative estimate of drug-likeness (QED) is 0.754. The molecule has 2 atom stereocenters. The van der Waals surface area contributed by atoms with Gasteiger partial charge in [-0.25, -0.2) is 4.79 Å². The van der Waals surface area contributed by atoms with Crippen LogP contribution in [0.1, 0.15) is 46.1 Å². The summed E-state index contributed by atoms with van der Waals surface area (Å²) in [6.45, 7) is 11.7. The van der Waals surface area contributed by atoms with Crippen LogP contribution in [-0.2, 0) is 9.53 Å². The Morgan fingerprint density at radius 2 is 2.07 bits per heavy atom. The number of carbonyl (C=O) groups excluding carboxylic acids is 2. The molecule has 2 rings (SSSR count). The van der Waals surface area contributed by atoms with Crippen LogP contribution in [0.2, 0.25) is 5.02 Å². The fourth-order valence-corrected chi connectivity index (χ4v) is 3.72. The maximum atomic E-state index is 12.8. The van der Waals surface area contributed by atoms with Crippen molar-refractivity contribution in [2.45, 2.75) is 59.1 Å². The van der Waals surface area contributed by atoms with Crippen molar-refractivity contribution in [1.82, 2.24) is 9.80 Å². The first-order valence-corrected chi connectivity index (χ1v) is 10.6. The van der Waals surface area contributed by atoms with E-state index in [2.05, 4.69) is 10.2 Å². The van der Waals surface area contributed by atoms with Crippen LogP contribution >= 0.6 is 11.6 Å². The average molecular weight is 424 g/mol. The number of halogens is 1. The molecule has 0 saturated carbocycles. The molecule has 0 bridgehead atoms. The van der Waals surface area contributed by atoms with E-state index in [-0.39, 0.29) is 18.0 Å². The molecule has 0 aliphatic carbocycles. The molecule has 1 heterocycles. The molecule has 7 heteroatoms. The zero-order valence-corrected chi connectivity index (χ0v) is 19.2. The van der Waals surface area contributed by atoms with Crippen LogP contribution in [0.5, 0.6) is 0 Å². The summed E-state index contributed by atoms with van der Waals surface area (Å²) in [5.41, 5.74) is 1.10. The van der Waals surface area contributed by atoms with Gasteiger partial charge >= 0.3 is 6.09 Å². The van der Waals surface area contributed by atoms with Gasteiger partial charge in [0, 0.05) is 30.8 Å². The van der Waals surface area contributed by atoms with E-state index in [0.717, 1.165) is 37.2 Å². The highest BCUT2D eigenvalue weighted by atomic mass is 35.5. The maximum absolute atomic E-state index is 12.8. The number of rotatable bonds is 5. The van der Waals surface area contributed by atoms with Crippen molar-refractivity contribution in [3.8, 4) is 0 Å². The van der Waals surface area contributed by atoms with E-state index in [1.54, 1.807) is 11.9 Å². The second-order valence-corrected chi connectivity index (χ2v) is 9.35. The Morgan fingerprint density at radius 3 is 2.72 bits per heavy atom. The Hall–Kier alpha value is -1.79. The first kappa shape index (κ1) is 23.5. The lowest BCUT2D eigenvalue weighted by atomic mass is 9.96. The average Bonchev–Trinajstić information content (AvgIpc) is 2.63. The standard InChI is InChI=1S/C22H34ClN3O3/c1-15-18(23)10-7-11-19(15)24-20(27)16(2)26-12-8-9-17(14-26)13-25(6)21(28)29-22(3,4)5/h7,10-11,16-17H,8-9,12-14H2,1-6H3,(H,24,27). The summed E-state index contributed by atoms with van der Waals surface area (Å²) < 4.78 is 5.44. The summed E-state index contributed by atoms with van der Waals surface area (Å²) in [4.78, 5) is 28.8. The van der Waals surface area contributed by atoms with Gasteiger partial charge in [0.1, 0.15) is 5.60 Å². The third kappa shape index (κ3) is 6.89. The van der Waals surface area contributed by atoms with Crippen LogP contribution in [0.25, 0.3) is 0 Å². The molecular formula is C22H34ClN3O3. The SMILES string of the molecule is Cc1c(Cl)cccc1NC(=O)C(C)N1CCCC(CN(C)C(=O)OC(C)(C)C)C1. The second kappa shape index (κ2) is 9.81. The molecule has 29 heavy (non-hydrogen) atoms. The summed E-state index contributed by atoms with van der Waals surface area (Å²) in [6.07, 6.45) is 1.73. The highest BCUT2D eigenvalue weighted by molar-refractivity contribution is 6.31. The van der Waals surface area contributed by atoms with E-state index < -0.39 is 5.60 Å². The summed E-state index contributed by atoms with van der Waals surface area (Å²) in [5.74, 6) is 0.265. The zero-order valence-electron chi connectivity index (χ0n) is 18.4. The lowest BCUT2D eigenvalue weighted by Gasteiger charge is -2.37. The molecule has 2 amide bonds. The number of nitrogens with one attached hydrogen (secondary N) is 1. The minimum Gasteiger partial charge on any atom is -0.444 e. The van der Waals surface area contributed by atoms with Gasteiger partial charge in [-0.15, -0.1) is 0 Å². The van der Waals surface area contributed by atoms with E-state index in [0.29, 0.717) is 17.5 Å². The lowest BCUT2D eigenvalue weighted by Crippen LogP contribution is -2.49. The first-order valence-electron chi connectivity index (χ1n) is 10.2. The zero-order chi connectivity index (χ0) is 21.8. The number of hydrogen-bond acceptors (Lipinski definition) is 4. The minimum absolute atomic E-state index is 0.0449. The minimum atomic E-state index is -0.505. The molecule has 1 N–H and O–H groups in total. The van der Waals surface area contributed by atoms with Crippen molar-refractivity contribution in [2.75, 3.05) is 32.0 Å². The van der Waals surface area contributed by atoms with Gasteiger partial charge in [0.25, 0.3) is 0 Å². The topological polar surface area (TPSA) is 61.9 Å². The third-order valence-electron chi connectivity index (χ3n) is 5.24. The van der Waals surface area contributed by atoms with E-state index in [1.165, 1.54) is 0 Å². The molecule has 1 saturated heterocycles. The normalized spacial score (nSPS) is 18.8. The highest BCUT2D eigenvalue weighted by Crippen LogP contribution is 2.24. The Morgan fingerprint density at radius 1 is 1.38 bits per heavy atom. The van der Waals surface area contributed by atoms with Gasteiger partial charge in [-0.1, -0.05) is 17.7 Å². The van der Waals surface area contributed by atoms with Crippen LogP contribution < -0.4 is 5.32 Å². The predicted molar refractivity (Wildman–Crippen MR) is 117 cm³/mol. The van der Waals surface area contributed by atoms with Crippen LogP contribution in [-0.4, -0.2) is 60.1 Å². The number of piperidine rings is 1. The van der Waals surface area contributed by atoms with Crippen molar-refractivity contribution in [1.29, 1.82) is 0 Å². The van der Waals surface area contributed by atoms with Crippen molar-refractivity contribution >= 4 is 29.3 Å². The van der Waals surface area contributed by atoms with Gasteiger partial charge in [-0.05, 0) is 77.6 Å². The fourth-order valence-electron chi connectivity index (χ4n) is 3.55. The molecule has 1 aromatic carbocycles. The second-order valence-electron chi connectivity index (χ2n) is 8.94. The Bertz CT molecular complexity index is 733. The summed E-state index contributed by atoms with van der Waals surface area (Å²) in [5, 5.41) is 3.64. The Kier molecular flexibility index (Phi) is 7.94. The van der Waals surface area contributed by atoms with Crippen molar-refractivity contribution in [3.63, 3.8) is 0 Å². The number of hydrogen-bond donors (Lipinski definition) is 1. The molecule has 162 valence electrons. The molecule has 0 radical (unpaired) electrons. The van der Waals surface area contributed by atoms with Gasteiger partial charge < -0.3 is 15.0 Å². The number of carbonyl (C=O) groups is 2. The van der Waals surface area contributed by atoms with E-state index in [4.69, 9.17) is 16.3 Å². The van der Waals surface area contributed by atoms with E-state index in [9.17, 15) is 9.59 Å². The molecular weight excluding hydrogens is 390 g/mol. The highest BCUT2D eigenvalue weighted by Gasteiger charge is 2.30. The molecule has 0 spiro atoms. The molecule has 1 fully saturated rings. The van der Waals surface area contributed by atoms with Crippen molar-refractivity contribution in [2.24, 2.45) is 5.92 Å². The first-order chi connectivity index (χ1) is 13.5. The van der Waals surface area contributed by atoms with Gasteiger partial charge in [-0.3, -0.25) is 9.69 Å². The van der Waals surface area contributed by atoms with E-state index >= 15 is 0 Å². The van der Waals surface area contributed by atoms with Crippen LogP contribution in [0.4, 0.5) is 10.5 Å². The van der Waals surface area contributed by atoms with E-state index in [1.807, 2.05) is 52.8 Å². The van der Waals surface area contributed by atoms with Gasteiger partial charge in [-0.2, -0.15) is 0 Å².